The molecule has 3 nitrogen and oxygen atoms in total. The highest BCUT2D eigenvalue weighted by molar-refractivity contribution is 6.31. The summed E-state index contributed by atoms with van der Waals surface area (Å²) in [7, 11) is 0. The first-order valence-corrected chi connectivity index (χ1v) is 7.09. The lowest BCUT2D eigenvalue weighted by atomic mass is 10.1. The van der Waals surface area contributed by atoms with Crippen LogP contribution in [0.2, 0.25) is 5.02 Å². The van der Waals surface area contributed by atoms with Gasteiger partial charge in [-0.2, -0.15) is 0 Å². The van der Waals surface area contributed by atoms with Crippen LogP contribution in [-0.4, -0.2) is 6.79 Å². The Balaban J connectivity index is 1.70. The zero-order chi connectivity index (χ0) is 14.8. The van der Waals surface area contributed by atoms with E-state index < -0.39 is 0 Å². The van der Waals surface area contributed by atoms with Crippen molar-refractivity contribution in [1.29, 1.82) is 0 Å². The summed E-state index contributed by atoms with van der Waals surface area (Å²) in [5.74, 6) is 1.20. The Morgan fingerprint density at radius 1 is 1.24 bits per heavy atom. The third-order valence-electron chi connectivity index (χ3n) is 3.54. The number of ether oxygens (including phenoxy) is 2. The number of halogens is 2. The van der Waals surface area contributed by atoms with Crippen molar-refractivity contribution in [3.05, 3.63) is 58.4 Å². The van der Waals surface area contributed by atoms with Gasteiger partial charge >= 0.3 is 0 Å². The Bertz CT molecular complexity index is 642. The fourth-order valence-corrected chi connectivity index (χ4v) is 2.49. The van der Waals surface area contributed by atoms with Crippen LogP contribution < -0.4 is 14.8 Å². The SMILES string of the molecule is CC(NCc1c(F)cccc1Cl)c1ccc2c(c1)OCO2. The third-order valence-corrected chi connectivity index (χ3v) is 3.90. The smallest absolute Gasteiger partial charge is 0.231 e. The fourth-order valence-electron chi connectivity index (χ4n) is 2.26. The van der Waals surface area contributed by atoms with Crippen LogP contribution in [0.15, 0.2) is 36.4 Å². The van der Waals surface area contributed by atoms with Crippen LogP contribution in [-0.2, 0) is 6.54 Å². The Hall–Kier alpha value is -1.78. The molecule has 1 heterocycles. The van der Waals surface area contributed by atoms with E-state index in [2.05, 4.69) is 5.32 Å². The molecule has 0 saturated carbocycles. The molecule has 1 N–H and O–H groups in total. The monoisotopic (exact) mass is 307 g/mol. The van der Waals surface area contributed by atoms with Gasteiger partial charge in [-0.15, -0.1) is 0 Å². The molecule has 2 aromatic carbocycles. The minimum absolute atomic E-state index is 0.0372. The molecule has 0 bridgehead atoms. The van der Waals surface area contributed by atoms with Crippen molar-refractivity contribution in [3.63, 3.8) is 0 Å². The minimum atomic E-state index is -0.298. The highest BCUT2D eigenvalue weighted by Gasteiger charge is 2.16. The molecule has 0 saturated heterocycles. The maximum absolute atomic E-state index is 13.7. The number of benzene rings is 2. The molecule has 0 radical (unpaired) electrons. The van der Waals surface area contributed by atoms with E-state index in [1.165, 1.54) is 6.07 Å². The third kappa shape index (κ3) is 2.96. The molecule has 2 aromatic rings. The molecule has 110 valence electrons. The summed E-state index contributed by atoms with van der Waals surface area (Å²) >= 11 is 6.02. The summed E-state index contributed by atoms with van der Waals surface area (Å²) in [6, 6.07) is 10.5. The molecule has 0 spiro atoms. The minimum Gasteiger partial charge on any atom is -0.454 e. The molecular weight excluding hydrogens is 293 g/mol. The molecular formula is C16H15ClFNO2. The van der Waals surface area contributed by atoms with Crippen LogP contribution >= 0.6 is 11.6 Å². The first kappa shape index (κ1) is 14.2. The van der Waals surface area contributed by atoms with Crippen molar-refractivity contribution in [1.82, 2.24) is 5.32 Å². The average molecular weight is 308 g/mol. The molecule has 0 fully saturated rings. The lowest BCUT2D eigenvalue weighted by molar-refractivity contribution is 0.174. The van der Waals surface area contributed by atoms with Gasteiger partial charge in [0.05, 0.1) is 0 Å². The second-order valence-electron chi connectivity index (χ2n) is 4.92. The summed E-state index contributed by atoms with van der Waals surface area (Å²) in [5.41, 5.74) is 1.53. The first-order valence-electron chi connectivity index (χ1n) is 6.71. The molecule has 1 atom stereocenters. The quantitative estimate of drug-likeness (QED) is 0.924. The maximum Gasteiger partial charge on any atom is 0.231 e. The van der Waals surface area contributed by atoms with Crippen molar-refractivity contribution >= 4 is 11.6 Å². The van der Waals surface area contributed by atoms with Crippen LogP contribution in [0.4, 0.5) is 4.39 Å². The van der Waals surface area contributed by atoms with E-state index >= 15 is 0 Å². The van der Waals surface area contributed by atoms with Crippen molar-refractivity contribution in [2.24, 2.45) is 0 Å². The average Bonchev–Trinajstić information content (AvgIpc) is 2.93. The van der Waals surface area contributed by atoms with E-state index in [1.807, 2.05) is 25.1 Å². The number of hydrogen-bond donors (Lipinski definition) is 1. The van der Waals surface area contributed by atoms with E-state index in [0.29, 0.717) is 17.1 Å². The molecule has 0 aromatic heterocycles. The van der Waals surface area contributed by atoms with Gasteiger partial charge < -0.3 is 14.8 Å². The topological polar surface area (TPSA) is 30.5 Å². The van der Waals surface area contributed by atoms with Gasteiger partial charge in [-0.3, -0.25) is 0 Å². The molecule has 5 heteroatoms. The Labute approximate surface area is 127 Å². The van der Waals surface area contributed by atoms with E-state index in [9.17, 15) is 4.39 Å². The van der Waals surface area contributed by atoms with Crippen molar-refractivity contribution < 1.29 is 13.9 Å². The standard InChI is InChI=1S/C16H15ClFNO2/c1-10(11-5-6-15-16(7-11)21-9-20-15)19-8-12-13(17)3-2-4-14(12)18/h2-7,10,19H,8-9H2,1H3. The fraction of sp³-hybridized carbons (Fsp3) is 0.250. The van der Waals surface area contributed by atoms with Gasteiger partial charge in [0.2, 0.25) is 6.79 Å². The highest BCUT2D eigenvalue weighted by atomic mass is 35.5. The highest BCUT2D eigenvalue weighted by Crippen LogP contribution is 2.34. The Kier molecular flexibility index (Phi) is 3.99. The Morgan fingerprint density at radius 3 is 2.86 bits per heavy atom. The summed E-state index contributed by atoms with van der Waals surface area (Å²) in [6.07, 6.45) is 0. The van der Waals surface area contributed by atoms with Crippen LogP contribution in [0.1, 0.15) is 24.1 Å². The second kappa shape index (κ2) is 5.92. The summed E-state index contributed by atoms with van der Waals surface area (Å²) in [6.45, 7) is 2.62. The molecule has 1 unspecified atom stereocenters. The van der Waals surface area contributed by atoms with Gasteiger partial charge in [0.25, 0.3) is 0 Å². The predicted octanol–water partition coefficient (Wildman–Crippen LogP) is 4.06. The molecule has 21 heavy (non-hydrogen) atoms. The Morgan fingerprint density at radius 2 is 2.05 bits per heavy atom. The van der Waals surface area contributed by atoms with Crippen LogP contribution in [0.3, 0.4) is 0 Å². The number of fused-ring (bicyclic) bond motifs is 1. The first-order chi connectivity index (χ1) is 10.1. The van der Waals surface area contributed by atoms with Crippen molar-refractivity contribution in [2.45, 2.75) is 19.5 Å². The van der Waals surface area contributed by atoms with Crippen LogP contribution in [0, 0.1) is 5.82 Å². The second-order valence-corrected chi connectivity index (χ2v) is 5.32. The van der Waals surface area contributed by atoms with E-state index in [0.717, 1.165) is 17.1 Å². The predicted molar refractivity (Wildman–Crippen MR) is 79.2 cm³/mol. The van der Waals surface area contributed by atoms with Gasteiger partial charge in [-0.05, 0) is 36.8 Å². The van der Waals surface area contributed by atoms with E-state index in [4.69, 9.17) is 21.1 Å². The molecule has 1 aliphatic rings. The number of hydrogen-bond acceptors (Lipinski definition) is 3. The zero-order valence-corrected chi connectivity index (χ0v) is 12.3. The van der Waals surface area contributed by atoms with Gasteiger partial charge in [0.1, 0.15) is 5.82 Å². The van der Waals surface area contributed by atoms with Crippen LogP contribution in [0.25, 0.3) is 0 Å². The number of rotatable bonds is 4. The van der Waals surface area contributed by atoms with Gasteiger partial charge in [-0.25, -0.2) is 4.39 Å². The van der Waals surface area contributed by atoms with E-state index in [1.54, 1.807) is 12.1 Å². The van der Waals surface area contributed by atoms with E-state index in [-0.39, 0.29) is 18.7 Å². The molecule has 1 aliphatic heterocycles. The summed E-state index contributed by atoms with van der Waals surface area (Å²) in [4.78, 5) is 0. The molecule has 0 aliphatic carbocycles. The van der Waals surface area contributed by atoms with Crippen molar-refractivity contribution in [2.75, 3.05) is 6.79 Å². The maximum atomic E-state index is 13.7. The normalized spacial score (nSPS) is 14.2. The van der Waals surface area contributed by atoms with Gasteiger partial charge in [0.15, 0.2) is 11.5 Å². The lowest BCUT2D eigenvalue weighted by Crippen LogP contribution is -2.19. The van der Waals surface area contributed by atoms with Gasteiger partial charge in [-0.1, -0.05) is 23.7 Å². The number of nitrogens with one attached hydrogen (secondary N) is 1. The van der Waals surface area contributed by atoms with Gasteiger partial charge in [0, 0.05) is 23.2 Å². The summed E-state index contributed by atoms with van der Waals surface area (Å²) < 4.78 is 24.4. The zero-order valence-electron chi connectivity index (χ0n) is 11.5. The van der Waals surface area contributed by atoms with Crippen molar-refractivity contribution in [3.8, 4) is 11.5 Å². The molecule has 0 amide bonds. The molecule has 3 rings (SSSR count). The largest absolute Gasteiger partial charge is 0.454 e. The van der Waals surface area contributed by atoms with Crippen LogP contribution in [0.5, 0.6) is 11.5 Å². The lowest BCUT2D eigenvalue weighted by Gasteiger charge is -2.15. The summed E-state index contributed by atoms with van der Waals surface area (Å²) in [5, 5.41) is 3.70.